The first-order chi connectivity index (χ1) is 6.63. The van der Waals surface area contributed by atoms with Crippen molar-refractivity contribution in [2.24, 2.45) is 0 Å². The quantitative estimate of drug-likeness (QED) is 0.567. The number of halogens is 1. The van der Waals surface area contributed by atoms with Gasteiger partial charge < -0.3 is 4.74 Å². The van der Waals surface area contributed by atoms with E-state index in [9.17, 15) is 4.79 Å². The summed E-state index contributed by atoms with van der Waals surface area (Å²) < 4.78 is 5.02. The first-order valence-electron chi connectivity index (χ1n) is 4.15. The van der Waals surface area contributed by atoms with Crippen LogP contribution in [0.4, 0.5) is 0 Å². The molecule has 74 valence electrons. The minimum atomic E-state index is -0.460. The predicted octanol–water partition coefficient (Wildman–Crippen LogP) is 2.86. The van der Waals surface area contributed by atoms with Crippen LogP contribution in [0.3, 0.4) is 0 Å². The summed E-state index contributed by atoms with van der Waals surface area (Å²) in [6.07, 6.45) is 1.39. The Kier molecular flexibility index (Phi) is 3.72. The van der Waals surface area contributed by atoms with Crippen molar-refractivity contribution >= 4 is 22.4 Å². The molecule has 1 aromatic rings. The lowest BCUT2D eigenvalue weighted by molar-refractivity contribution is -0.107. The van der Waals surface area contributed by atoms with Crippen molar-refractivity contribution in [3.05, 3.63) is 35.9 Å². The standard InChI is InChI=1S/C11H11ClO2/c1-8(7-11(12)13)9-3-5-10(14-2)6-4-9/h3-7H,1-2H3/b8-7+. The van der Waals surface area contributed by atoms with Crippen LogP contribution < -0.4 is 4.74 Å². The van der Waals surface area contributed by atoms with Gasteiger partial charge >= 0.3 is 0 Å². The van der Waals surface area contributed by atoms with Crippen LogP contribution in [-0.4, -0.2) is 12.4 Å². The number of carbonyl (C=O) groups excluding carboxylic acids is 1. The molecule has 0 amide bonds. The number of hydrogen-bond acceptors (Lipinski definition) is 2. The monoisotopic (exact) mass is 210 g/mol. The fourth-order valence-electron chi connectivity index (χ4n) is 1.11. The van der Waals surface area contributed by atoms with Crippen LogP contribution in [0.1, 0.15) is 12.5 Å². The molecule has 0 atom stereocenters. The molecule has 0 saturated heterocycles. The molecule has 0 aliphatic carbocycles. The van der Waals surface area contributed by atoms with Gasteiger partial charge in [-0.15, -0.1) is 0 Å². The molecule has 0 bridgehead atoms. The average molecular weight is 211 g/mol. The van der Waals surface area contributed by atoms with E-state index in [-0.39, 0.29) is 0 Å². The van der Waals surface area contributed by atoms with E-state index in [2.05, 4.69) is 0 Å². The molecule has 0 heterocycles. The van der Waals surface area contributed by atoms with Gasteiger partial charge in [0.05, 0.1) is 7.11 Å². The van der Waals surface area contributed by atoms with Gasteiger partial charge in [-0.25, -0.2) is 0 Å². The van der Waals surface area contributed by atoms with Crippen molar-refractivity contribution in [3.63, 3.8) is 0 Å². The number of methoxy groups -OCH3 is 1. The molecule has 1 rings (SSSR count). The summed E-state index contributed by atoms with van der Waals surface area (Å²) in [6.45, 7) is 1.84. The third-order valence-corrected chi connectivity index (χ3v) is 1.98. The predicted molar refractivity (Wildman–Crippen MR) is 57.5 cm³/mol. The Labute approximate surface area is 88.1 Å². The van der Waals surface area contributed by atoms with Gasteiger partial charge in [0.25, 0.3) is 0 Å². The van der Waals surface area contributed by atoms with E-state index in [0.29, 0.717) is 0 Å². The summed E-state index contributed by atoms with van der Waals surface area (Å²) in [6, 6.07) is 7.44. The summed E-state index contributed by atoms with van der Waals surface area (Å²) in [7, 11) is 1.61. The number of rotatable bonds is 3. The van der Waals surface area contributed by atoms with E-state index in [0.717, 1.165) is 16.9 Å². The molecule has 3 heteroatoms. The number of carbonyl (C=O) groups is 1. The van der Waals surface area contributed by atoms with Crippen LogP contribution in [0.5, 0.6) is 5.75 Å². The fourth-order valence-corrected chi connectivity index (χ4v) is 1.27. The summed E-state index contributed by atoms with van der Waals surface area (Å²) in [5.41, 5.74) is 1.80. The van der Waals surface area contributed by atoms with Crippen LogP contribution >= 0.6 is 11.6 Å². The number of ether oxygens (including phenoxy) is 1. The highest BCUT2D eigenvalue weighted by molar-refractivity contribution is 6.66. The molecular formula is C11H11ClO2. The van der Waals surface area contributed by atoms with Gasteiger partial charge in [0.1, 0.15) is 5.75 Å². The molecule has 2 nitrogen and oxygen atoms in total. The second-order valence-corrected chi connectivity index (χ2v) is 3.23. The molecule has 14 heavy (non-hydrogen) atoms. The lowest BCUT2D eigenvalue weighted by Gasteiger charge is -2.02. The lowest BCUT2D eigenvalue weighted by Crippen LogP contribution is -1.85. The Balaban J connectivity index is 2.92. The molecule has 0 aliphatic rings. The van der Waals surface area contributed by atoms with E-state index in [1.807, 2.05) is 31.2 Å². The Morgan fingerprint density at radius 1 is 1.36 bits per heavy atom. The maximum Gasteiger partial charge on any atom is 0.245 e. The van der Waals surface area contributed by atoms with Crippen molar-refractivity contribution in [1.82, 2.24) is 0 Å². The molecule has 0 aromatic heterocycles. The number of benzene rings is 1. The molecule has 0 N–H and O–H groups in total. The molecule has 0 saturated carbocycles. The maximum atomic E-state index is 10.6. The molecule has 0 spiro atoms. The summed E-state index contributed by atoms with van der Waals surface area (Å²) >= 11 is 5.24. The molecular weight excluding hydrogens is 200 g/mol. The smallest absolute Gasteiger partial charge is 0.245 e. The SMILES string of the molecule is COc1ccc(/C(C)=C/C(=O)Cl)cc1. The molecule has 0 aliphatic heterocycles. The highest BCUT2D eigenvalue weighted by Crippen LogP contribution is 2.18. The van der Waals surface area contributed by atoms with Crippen molar-refractivity contribution < 1.29 is 9.53 Å². The Hall–Kier alpha value is -1.28. The van der Waals surface area contributed by atoms with E-state index in [1.54, 1.807) is 7.11 Å². The zero-order valence-electron chi connectivity index (χ0n) is 8.08. The van der Waals surface area contributed by atoms with Crippen molar-refractivity contribution in [3.8, 4) is 5.75 Å². The van der Waals surface area contributed by atoms with Crippen molar-refractivity contribution in [2.45, 2.75) is 6.92 Å². The van der Waals surface area contributed by atoms with Gasteiger partial charge in [0.2, 0.25) is 5.24 Å². The third-order valence-electron chi connectivity index (χ3n) is 1.88. The fraction of sp³-hybridized carbons (Fsp3) is 0.182. The van der Waals surface area contributed by atoms with Gasteiger partial charge in [0.15, 0.2) is 0 Å². The van der Waals surface area contributed by atoms with Crippen LogP contribution in [0, 0.1) is 0 Å². The van der Waals surface area contributed by atoms with Gasteiger partial charge in [0, 0.05) is 6.08 Å². The summed E-state index contributed by atoms with van der Waals surface area (Å²) in [5, 5.41) is -0.460. The topological polar surface area (TPSA) is 26.3 Å². The highest BCUT2D eigenvalue weighted by atomic mass is 35.5. The van der Waals surface area contributed by atoms with Gasteiger partial charge in [-0.2, -0.15) is 0 Å². The van der Waals surface area contributed by atoms with Gasteiger partial charge in [-0.3, -0.25) is 4.79 Å². The van der Waals surface area contributed by atoms with E-state index in [1.165, 1.54) is 6.08 Å². The minimum absolute atomic E-state index is 0.460. The lowest BCUT2D eigenvalue weighted by atomic mass is 10.1. The van der Waals surface area contributed by atoms with Crippen LogP contribution in [0.2, 0.25) is 0 Å². The summed E-state index contributed by atoms with van der Waals surface area (Å²) in [5.74, 6) is 0.791. The zero-order valence-corrected chi connectivity index (χ0v) is 8.84. The van der Waals surface area contributed by atoms with E-state index in [4.69, 9.17) is 16.3 Å². The molecule has 0 fully saturated rings. The normalized spacial score (nSPS) is 11.2. The molecule has 0 unspecified atom stereocenters. The van der Waals surface area contributed by atoms with Crippen molar-refractivity contribution in [1.29, 1.82) is 0 Å². The zero-order chi connectivity index (χ0) is 10.6. The van der Waals surface area contributed by atoms with Crippen molar-refractivity contribution in [2.75, 3.05) is 7.11 Å². The average Bonchev–Trinajstić information content (AvgIpc) is 2.17. The van der Waals surface area contributed by atoms with Gasteiger partial charge in [-0.05, 0) is 41.8 Å². The second kappa shape index (κ2) is 4.82. The number of allylic oxidation sites excluding steroid dienone is 2. The first-order valence-corrected chi connectivity index (χ1v) is 4.53. The second-order valence-electron chi connectivity index (χ2n) is 2.86. The number of hydrogen-bond donors (Lipinski definition) is 0. The summed E-state index contributed by atoms with van der Waals surface area (Å²) in [4.78, 5) is 10.6. The van der Waals surface area contributed by atoms with Crippen LogP contribution in [-0.2, 0) is 4.79 Å². The maximum absolute atomic E-state index is 10.6. The Morgan fingerprint density at radius 3 is 2.36 bits per heavy atom. The highest BCUT2D eigenvalue weighted by Gasteiger charge is 1.98. The van der Waals surface area contributed by atoms with Gasteiger partial charge in [-0.1, -0.05) is 12.1 Å². The molecule has 1 aromatic carbocycles. The first kappa shape index (κ1) is 10.8. The van der Waals surface area contributed by atoms with E-state index >= 15 is 0 Å². The van der Waals surface area contributed by atoms with Crippen LogP contribution in [0.15, 0.2) is 30.3 Å². The Morgan fingerprint density at radius 2 is 1.93 bits per heavy atom. The molecule has 0 radical (unpaired) electrons. The van der Waals surface area contributed by atoms with Crippen LogP contribution in [0.25, 0.3) is 5.57 Å². The minimum Gasteiger partial charge on any atom is -0.497 e. The largest absolute Gasteiger partial charge is 0.497 e. The Bertz CT molecular complexity index is 352. The van der Waals surface area contributed by atoms with E-state index < -0.39 is 5.24 Å². The third kappa shape index (κ3) is 2.89.